The normalized spacial score (nSPS) is 21.7. The van der Waals surface area contributed by atoms with E-state index in [0.717, 1.165) is 31.6 Å². The summed E-state index contributed by atoms with van der Waals surface area (Å²) < 4.78 is 1.59. The van der Waals surface area contributed by atoms with E-state index in [4.69, 9.17) is 0 Å². The molecule has 2 aromatic heterocycles. The molecule has 2 heterocycles. The van der Waals surface area contributed by atoms with Crippen LogP contribution in [0.5, 0.6) is 0 Å². The number of carbonyl (C=O) groups is 1. The number of carboxylic acids is 1. The number of thioether (sulfide) groups is 1. The van der Waals surface area contributed by atoms with Crippen LogP contribution in [0, 0.1) is 5.92 Å². The van der Waals surface area contributed by atoms with Gasteiger partial charge in [-0.2, -0.15) is 0 Å². The molecule has 2 unspecified atom stereocenters. The second kappa shape index (κ2) is 10.2. The molecule has 0 amide bonds. The third kappa shape index (κ3) is 5.16. The second-order valence-electron chi connectivity index (χ2n) is 7.54. The van der Waals surface area contributed by atoms with Crippen molar-refractivity contribution in [3.63, 3.8) is 0 Å². The Bertz CT molecular complexity index is 830. The molecule has 1 fully saturated rings. The molecule has 0 saturated heterocycles. The van der Waals surface area contributed by atoms with Gasteiger partial charge in [0.2, 0.25) is 0 Å². The minimum absolute atomic E-state index is 0.215. The summed E-state index contributed by atoms with van der Waals surface area (Å²) in [6.45, 7) is 5.08. The van der Waals surface area contributed by atoms with Crippen molar-refractivity contribution in [3.05, 3.63) is 0 Å². The van der Waals surface area contributed by atoms with Crippen LogP contribution in [-0.2, 0) is 4.79 Å². The van der Waals surface area contributed by atoms with Crippen LogP contribution in [-0.4, -0.2) is 59.5 Å². The van der Waals surface area contributed by atoms with Crippen molar-refractivity contribution in [2.75, 3.05) is 17.6 Å². The Morgan fingerprint density at radius 1 is 1.21 bits per heavy atom. The van der Waals surface area contributed by atoms with Crippen LogP contribution in [0.2, 0.25) is 0 Å². The highest BCUT2D eigenvalue weighted by molar-refractivity contribution is 7.99. The van der Waals surface area contributed by atoms with Gasteiger partial charge in [-0.05, 0) is 25.7 Å². The van der Waals surface area contributed by atoms with Crippen molar-refractivity contribution in [1.29, 1.82) is 0 Å². The molecule has 29 heavy (non-hydrogen) atoms. The van der Waals surface area contributed by atoms with Crippen LogP contribution in [0.25, 0.3) is 11.2 Å². The monoisotopic (exact) mass is 422 g/mol. The Labute approximate surface area is 174 Å². The molecule has 2 aromatic rings. The summed E-state index contributed by atoms with van der Waals surface area (Å²) in [5, 5.41) is 32.2. The van der Waals surface area contributed by atoms with Gasteiger partial charge in [0.1, 0.15) is 0 Å². The lowest BCUT2D eigenvalue weighted by atomic mass is 10.1. The number of hydrogen-bond donors (Lipinski definition) is 3. The molecule has 160 valence electrons. The van der Waals surface area contributed by atoms with Crippen molar-refractivity contribution in [3.8, 4) is 0 Å². The van der Waals surface area contributed by atoms with Crippen LogP contribution in [0.15, 0.2) is 5.16 Å². The number of aromatic nitrogens is 5. The molecule has 3 rings (SSSR count). The van der Waals surface area contributed by atoms with Gasteiger partial charge in [0, 0.05) is 12.3 Å². The number of rotatable bonds is 11. The van der Waals surface area contributed by atoms with E-state index < -0.39 is 24.0 Å². The molecule has 0 spiro atoms. The van der Waals surface area contributed by atoms with Crippen molar-refractivity contribution in [1.82, 2.24) is 25.0 Å². The van der Waals surface area contributed by atoms with Crippen molar-refractivity contribution in [2.24, 2.45) is 5.92 Å². The van der Waals surface area contributed by atoms with Gasteiger partial charge in [0.15, 0.2) is 22.1 Å². The zero-order valence-electron chi connectivity index (χ0n) is 17.0. The van der Waals surface area contributed by atoms with Gasteiger partial charge in [0.25, 0.3) is 0 Å². The molecular formula is C19H30N6O3S. The van der Waals surface area contributed by atoms with Gasteiger partial charge >= 0.3 is 5.97 Å². The lowest BCUT2D eigenvalue weighted by Gasteiger charge is -2.15. The molecule has 3 N–H and O–H groups in total. The van der Waals surface area contributed by atoms with E-state index in [1.807, 2.05) is 0 Å². The fourth-order valence-corrected chi connectivity index (χ4v) is 4.32. The van der Waals surface area contributed by atoms with Crippen LogP contribution < -0.4 is 5.32 Å². The Hall–Kier alpha value is -1.94. The first-order chi connectivity index (χ1) is 14.0. The average Bonchev–Trinajstić information content (AvgIpc) is 3.29. The summed E-state index contributed by atoms with van der Waals surface area (Å²) in [6.07, 6.45) is 5.35. The minimum atomic E-state index is -0.890. The van der Waals surface area contributed by atoms with E-state index in [0.29, 0.717) is 28.6 Å². The van der Waals surface area contributed by atoms with Crippen molar-refractivity contribution < 1.29 is 15.0 Å². The summed E-state index contributed by atoms with van der Waals surface area (Å²) in [6, 6.07) is -0.447. The zero-order valence-corrected chi connectivity index (χ0v) is 17.9. The molecule has 0 aromatic carbocycles. The van der Waals surface area contributed by atoms with E-state index in [1.54, 1.807) is 16.4 Å². The fourth-order valence-electron chi connectivity index (χ4n) is 3.63. The lowest BCUT2D eigenvalue weighted by Crippen LogP contribution is -2.20. The van der Waals surface area contributed by atoms with Gasteiger partial charge in [0.05, 0.1) is 18.1 Å². The number of nitrogens with one attached hydrogen (secondary N) is 1. The summed E-state index contributed by atoms with van der Waals surface area (Å²) in [4.78, 5) is 20.6. The number of aliphatic hydroxyl groups is 1. The standard InChI is InChI=1S/C19H30N6O3S/c1-3-5-6-7-8-20-16-15-17(22-19(21-16)29-9-4-2)25(24-23-15)13-10-12(18(27)28)11-14(13)26/h12-14,26H,3-11H2,1-2H3,(H,27,28)(H,20,21,22)/t12-,13?,14?/m0/s1. The Morgan fingerprint density at radius 3 is 2.72 bits per heavy atom. The molecule has 9 nitrogen and oxygen atoms in total. The molecule has 10 heteroatoms. The number of fused-ring (bicyclic) bond motifs is 1. The highest BCUT2D eigenvalue weighted by Gasteiger charge is 2.39. The Morgan fingerprint density at radius 2 is 2.03 bits per heavy atom. The second-order valence-corrected chi connectivity index (χ2v) is 8.60. The first-order valence-corrected chi connectivity index (χ1v) is 11.4. The van der Waals surface area contributed by atoms with Crippen LogP contribution in [0.1, 0.15) is 64.8 Å². The van der Waals surface area contributed by atoms with Gasteiger partial charge in [-0.3, -0.25) is 4.79 Å². The van der Waals surface area contributed by atoms with E-state index in [9.17, 15) is 15.0 Å². The highest BCUT2D eigenvalue weighted by Crippen LogP contribution is 2.36. The third-order valence-electron chi connectivity index (χ3n) is 5.22. The largest absolute Gasteiger partial charge is 0.481 e. The molecule has 0 bridgehead atoms. The third-order valence-corrected chi connectivity index (χ3v) is 6.27. The first-order valence-electron chi connectivity index (χ1n) is 10.5. The van der Waals surface area contributed by atoms with Crippen molar-refractivity contribution in [2.45, 2.75) is 76.1 Å². The molecule has 0 radical (unpaired) electrons. The number of nitrogens with zero attached hydrogens (tertiary/aromatic N) is 5. The molecule has 1 aliphatic rings. The quantitative estimate of drug-likeness (QED) is 0.284. The lowest BCUT2D eigenvalue weighted by molar-refractivity contribution is -0.141. The summed E-state index contributed by atoms with van der Waals surface area (Å²) >= 11 is 1.57. The smallest absolute Gasteiger partial charge is 0.306 e. The van der Waals surface area contributed by atoms with E-state index in [-0.39, 0.29) is 6.42 Å². The number of aliphatic hydroxyl groups excluding tert-OH is 1. The number of unbranched alkanes of at least 4 members (excludes halogenated alkanes) is 3. The van der Waals surface area contributed by atoms with Crippen LogP contribution in [0.3, 0.4) is 0 Å². The molecule has 1 saturated carbocycles. The predicted molar refractivity (Wildman–Crippen MR) is 112 cm³/mol. The van der Waals surface area contributed by atoms with Crippen LogP contribution in [0.4, 0.5) is 5.82 Å². The SMILES string of the molecule is CCCCCCNc1nc(SCCC)nc2c1nnn2C1C[C@H](C(=O)O)CC1O. The topological polar surface area (TPSA) is 126 Å². The fraction of sp³-hybridized carbons (Fsp3) is 0.737. The minimum Gasteiger partial charge on any atom is -0.481 e. The van der Waals surface area contributed by atoms with E-state index in [2.05, 4.69) is 39.4 Å². The van der Waals surface area contributed by atoms with E-state index >= 15 is 0 Å². The van der Waals surface area contributed by atoms with Gasteiger partial charge < -0.3 is 15.5 Å². The van der Waals surface area contributed by atoms with E-state index in [1.165, 1.54) is 12.8 Å². The zero-order chi connectivity index (χ0) is 20.8. The number of hydrogen-bond acceptors (Lipinski definition) is 8. The number of anilines is 1. The van der Waals surface area contributed by atoms with Gasteiger partial charge in [-0.25, -0.2) is 14.6 Å². The molecule has 0 aliphatic heterocycles. The molecule has 3 atom stereocenters. The molecule has 1 aliphatic carbocycles. The maximum absolute atomic E-state index is 11.4. The Kier molecular flexibility index (Phi) is 7.65. The van der Waals surface area contributed by atoms with Gasteiger partial charge in [-0.1, -0.05) is 50.1 Å². The number of carboxylic acid groups (broad SMARTS) is 1. The van der Waals surface area contributed by atoms with Crippen molar-refractivity contribution >= 4 is 34.7 Å². The highest BCUT2D eigenvalue weighted by atomic mass is 32.2. The number of aliphatic carboxylic acids is 1. The first kappa shape index (κ1) is 21.8. The average molecular weight is 423 g/mol. The maximum atomic E-state index is 11.4. The summed E-state index contributed by atoms with van der Waals surface area (Å²) in [7, 11) is 0. The van der Waals surface area contributed by atoms with Gasteiger partial charge in [-0.15, -0.1) is 5.10 Å². The Balaban J connectivity index is 1.87. The summed E-state index contributed by atoms with van der Waals surface area (Å²) in [5.74, 6) is 0.0786. The maximum Gasteiger partial charge on any atom is 0.306 e. The van der Waals surface area contributed by atoms with Crippen LogP contribution >= 0.6 is 11.8 Å². The summed E-state index contributed by atoms with van der Waals surface area (Å²) in [5.41, 5.74) is 1.11. The predicted octanol–water partition coefficient (Wildman–Crippen LogP) is 3.11. The molecular weight excluding hydrogens is 392 g/mol.